The summed E-state index contributed by atoms with van der Waals surface area (Å²) in [6.45, 7) is 0. The molecule has 36 heavy (non-hydrogen) atoms. The van der Waals surface area contributed by atoms with Gasteiger partial charge in [0.05, 0.1) is 22.0 Å². The van der Waals surface area contributed by atoms with Gasteiger partial charge in [0.25, 0.3) is 17.6 Å². The zero-order valence-corrected chi connectivity index (χ0v) is 18.7. The summed E-state index contributed by atoms with van der Waals surface area (Å²) in [5.74, 6) is -10.8. The average Bonchev–Trinajstić information content (AvgIpc) is 2.77. The summed E-state index contributed by atoms with van der Waals surface area (Å²) in [6.07, 6.45) is -5.19. The molecule has 3 rings (SSSR count). The van der Waals surface area contributed by atoms with Gasteiger partial charge in [0.2, 0.25) is 0 Å². The van der Waals surface area contributed by atoms with Crippen LogP contribution in [0.25, 0.3) is 0 Å². The molecular weight excluding hydrogens is 544 g/mol. The Morgan fingerprint density at radius 1 is 0.889 bits per heavy atom. The summed E-state index contributed by atoms with van der Waals surface area (Å²) in [5.41, 5.74) is -3.96. The number of alkyl halides is 3. The number of ketones is 1. The molecule has 0 fully saturated rings. The molecule has 0 heterocycles. The molecule has 188 valence electrons. The number of benzene rings is 3. The minimum absolute atomic E-state index is 0.233. The van der Waals surface area contributed by atoms with Crippen molar-refractivity contribution >= 4 is 52.3 Å². The van der Waals surface area contributed by atoms with Gasteiger partial charge in [-0.2, -0.15) is 13.2 Å². The average molecular weight is 553 g/mol. The predicted molar refractivity (Wildman–Crippen MR) is 115 cm³/mol. The van der Waals surface area contributed by atoms with E-state index in [1.807, 2.05) is 5.32 Å². The summed E-state index contributed by atoms with van der Waals surface area (Å²) in [7, 11) is 0. The van der Waals surface area contributed by atoms with Crippen molar-refractivity contribution < 1.29 is 45.1 Å². The number of carbonyl (C=O) groups is 3. The van der Waals surface area contributed by atoms with Gasteiger partial charge in [-0.05, 0) is 30.3 Å². The van der Waals surface area contributed by atoms with Gasteiger partial charge in [-0.25, -0.2) is 22.0 Å². The normalized spacial score (nSPS) is 11.2. The van der Waals surface area contributed by atoms with Crippen molar-refractivity contribution in [1.29, 1.82) is 0 Å². The number of halogens is 9. The van der Waals surface area contributed by atoms with Gasteiger partial charge in [0.1, 0.15) is 23.0 Å². The fourth-order valence-electron chi connectivity index (χ4n) is 2.92. The fourth-order valence-corrected chi connectivity index (χ4v) is 3.47. The van der Waals surface area contributed by atoms with E-state index in [0.717, 1.165) is 24.3 Å². The van der Waals surface area contributed by atoms with Crippen LogP contribution in [0.5, 0.6) is 0 Å². The maximum Gasteiger partial charge on any atom is 0.454 e. The number of hydrogen-bond donors (Lipinski definition) is 1. The molecule has 0 unspecified atom stereocenters. The summed E-state index contributed by atoms with van der Waals surface area (Å²) in [5, 5.41) is 1.29. The Balaban J connectivity index is 1.89. The second-order valence-electron chi connectivity index (χ2n) is 6.94. The molecule has 0 atom stereocenters. The van der Waals surface area contributed by atoms with Crippen LogP contribution in [0.3, 0.4) is 0 Å². The number of hydrogen-bond acceptors (Lipinski definition) is 3. The molecule has 0 radical (unpaired) electrons. The summed E-state index contributed by atoms with van der Waals surface area (Å²) in [4.78, 5) is 36.3. The minimum Gasteiger partial charge on any atom is -0.319 e. The highest BCUT2D eigenvalue weighted by molar-refractivity contribution is 6.43. The quantitative estimate of drug-likeness (QED) is 0.218. The zero-order valence-electron chi connectivity index (χ0n) is 17.2. The van der Waals surface area contributed by atoms with E-state index in [2.05, 4.69) is 0 Å². The maximum atomic E-state index is 15.0. The van der Waals surface area contributed by atoms with E-state index < -0.39 is 80.1 Å². The number of anilines is 2. The second kappa shape index (κ2) is 10.2. The number of amides is 2. The summed E-state index contributed by atoms with van der Waals surface area (Å²) in [6, 6.07) is 5.50. The van der Waals surface area contributed by atoms with Crippen LogP contribution in [0.15, 0.2) is 48.5 Å². The molecular formula is C22H9Cl2F7N2O3. The predicted octanol–water partition coefficient (Wildman–Crippen LogP) is 6.69. The Hall–Kier alpha value is -3.64. The first kappa shape index (κ1) is 27.0. The van der Waals surface area contributed by atoms with Crippen molar-refractivity contribution in [3.63, 3.8) is 0 Å². The molecule has 0 aliphatic rings. The van der Waals surface area contributed by atoms with Crippen LogP contribution in [-0.4, -0.2) is 23.8 Å². The van der Waals surface area contributed by atoms with E-state index in [1.54, 1.807) is 0 Å². The second-order valence-corrected chi connectivity index (χ2v) is 7.69. The van der Waals surface area contributed by atoms with Gasteiger partial charge in [0, 0.05) is 29.5 Å². The molecule has 0 saturated heterocycles. The van der Waals surface area contributed by atoms with Crippen molar-refractivity contribution in [2.45, 2.75) is 6.18 Å². The van der Waals surface area contributed by atoms with Crippen molar-refractivity contribution in [3.8, 4) is 0 Å². The van der Waals surface area contributed by atoms with E-state index in [9.17, 15) is 45.1 Å². The molecule has 1 N–H and O–H groups in total. The third-order valence-corrected chi connectivity index (χ3v) is 5.21. The maximum absolute atomic E-state index is 15.0. The van der Waals surface area contributed by atoms with Crippen LogP contribution < -0.4 is 9.74 Å². The third kappa shape index (κ3) is 5.44. The third-order valence-electron chi connectivity index (χ3n) is 4.57. The van der Waals surface area contributed by atoms with Crippen LogP contribution >= 0.6 is 23.4 Å². The van der Waals surface area contributed by atoms with Gasteiger partial charge in [0.15, 0.2) is 5.82 Å². The number of carbonyl (C=O) groups excluding carboxylic acids is 3. The van der Waals surface area contributed by atoms with Crippen LogP contribution in [-0.2, 0) is 0 Å². The molecule has 3 aromatic rings. The molecule has 0 aliphatic carbocycles. The first-order chi connectivity index (χ1) is 16.7. The Labute approximate surface area is 207 Å². The van der Waals surface area contributed by atoms with Crippen LogP contribution in [0.1, 0.15) is 31.1 Å². The van der Waals surface area contributed by atoms with Crippen molar-refractivity contribution in [3.05, 3.63) is 93.5 Å². The van der Waals surface area contributed by atoms with E-state index in [4.69, 9.17) is 23.4 Å². The lowest BCUT2D eigenvalue weighted by atomic mass is 10.1. The van der Waals surface area contributed by atoms with Crippen molar-refractivity contribution in [1.82, 2.24) is 0 Å². The lowest BCUT2D eigenvalue weighted by Crippen LogP contribution is -2.25. The van der Waals surface area contributed by atoms with Crippen molar-refractivity contribution in [2.75, 3.05) is 9.74 Å². The molecule has 5 nitrogen and oxygen atoms in total. The van der Waals surface area contributed by atoms with E-state index in [0.29, 0.717) is 12.1 Å². The van der Waals surface area contributed by atoms with Crippen molar-refractivity contribution in [2.24, 2.45) is 0 Å². The molecule has 0 bridgehead atoms. The van der Waals surface area contributed by atoms with E-state index in [-0.39, 0.29) is 16.6 Å². The van der Waals surface area contributed by atoms with Gasteiger partial charge in [-0.1, -0.05) is 17.7 Å². The fraction of sp³-hybridized carbons (Fsp3) is 0.0455. The Morgan fingerprint density at radius 2 is 1.50 bits per heavy atom. The molecule has 0 aliphatic heterocycles. The highest BCUT2D eigenvalue weighted by atomic mass is 35.5. The molecule has 3 aromatic carbocycles. The van der Waals surface area contributed by atoms with E-state index >= 15 is 0 Å². The number of Topliss-reactive ketones (excluding diaryl/α,β-unsaturated/α-hetero) is 1. The van der Waals surface area contributed by atoms with Gasteiger partial charge in [-0.3, -0.25) is 14.4 Å². The molecule has 14 heteroatoms. The highest BCUT2D eigenvalue weighted by Gasteiger charge is 2.39. The Kier molecular flexibility index (Phi) is 7.60. The molecule has 0 spiro atoms. The highest BCUT2D eigenvalue weighted by Crippen LogP contribution is 2.33. The molecule has 0 saturated carbocycles. The first-order valence-electron chi connectivity index (χ1n) is 9.38. The monoisotopic (exact) mass is 552 g/mol. The topological polar surface area (TPSA) is 66.5 Å². The summed E-state index contributed by atoms with van der Waals surface area (Å²) >= 11 is 11.8. The standard InChI is InChI=1S/C22H9Cl2F7N2O3/c23-12-6-9(19(34)22(29,30)31)4-5-16(12)33(24)21(36)11-2-1-3-15(18(11)28)32-20(35)17-13(26)7-10(25)8-14(17)27/h1-8H,(H,32,35). The number of nitrogens with zero attached hydrogens (tertiary/aromatic N) is 1. The van der Waals surface area contributed by atoms with Crippen LogP contribution in [0.2, 0.25) is 5.02 Å². The van der Waals surface area contributed by atoms with Gasteiger partial charge >= 0.3 is 6.18 Å². The number of nitrogens with one attached hydrogen (secondary N) is 1. The summed E-state index contributed by atoms with van der Waals surface area (Å²) < 4.78 is 93.8. The Morgan fingerprint density at radius 3 is 2.06 bits per heavy atom. The lowest BCUT2D eigenvalue weighted by molar-refractivity contribution is -0.0885. The van der Waals surface area contributed by atoms with Gasteiger partial charge < -0.3 is 5.32 Å². The Bertz CT molecular complexity index is 1370. The smallest absolute Gasteiger partial charge is 0.319 e. The zero-order chi connectivity index (χ0) is 26.9. The SMILES string of the molecule is O=C(Nc1cccc(C(=O)N(Cl)c2ccc(C(=O)C(F)(F)F)cc2Cl)c1F)c1c(F)cc(F)cc1F. The lowest BCUT2D eigenvalue weighted by Gasteiger charge is -2.17. The largest absolute Gasteiger partial charge is 0.454 e. The van der Waals surface area contributed by atoms with E-state index in [1.165, 1.54) is 0 Å². The molecule has 0 aromatic heterocycles. The number of rotatable bonds is 5. The minimum atomic E-state index is -5.19. The first-order valence-corrected chi connectivity index (χ1v) is 10.1. The van der Waals surface area contributed by atoms with Crippen LogP contribution in [0.4, 0.5) is 42.1 Å². The van der Waals surface area contributed by atoms with Gasteiger partial charge in [-0.15, -0.1) is 0 Å². The molecule has 2 amide bonds. The van der Waals surface area contributed by atoms with Crippen LogP contribution in [0, 0.1) is 23.3 Å².